The standard InChI is InChI=1S/C19H19F2NO/c1-3-4-5-12-23-17-11-8-15(18(20)19(17)21)7-10-16-9-6-14(2)13-22-16/h6,8-9,11,13H,3-5,12H2,1-2H3. The summed E-state index contributed by atoms with van der Waals surface area (Å²) in [7, 11) is 0. The van der Waals surface area contributed by atoms with Crippen LogP contribution < -0.4 is 4.74 Å². The fourth-order valence-corrected chi connectivity index (χ4v) is 1.95. The summed E-state index contributed by atoms with van der Waals surface area (Å²) in [4.78, 5) is 4.11. The van der Waals surface area contributed by atoms with Crippen LogP contribution in [0.1, 0.15) is 43.0 Å². The molecule has 0 aliphatic heterocycles. The van der Waals surface area contributed by atoms with Gasteiger partial charge in [-0.1, -0.05) is 31.8 Å². The molecule has 0 saturated heterocycles. The summed E-state index contributed by atoms with van der Waals surface area (Å²) in [5.41, 5.74) is 1.51. The van der Waals surface area contributed by atoms with E-state index in [1.54, 1.807) is 12.3 Å². The van der Waals surface area contributed by atoms with Crippen molar-refractivity contribution in [1.82, 2.24) is 4.98 Å². The molecule has 2 aromatic rings. The number of pyridine rings is 1. The van der Waals surface area contributed by atoms with Gasteiger partial charge in [-0.15, -0.1) is 0 Å². The topological polar surface area (TPSA) is 22.1 Å². The minimum absolute atomic E-state index is 0.00853. The third-order valence-electron chi connectivity index (χ3n) is 3.29. The Balaban J connectivity index is 2.12. The maximum absolute atomic E-state index is 14.0. The van der Waals surface area contributed by atoms with Gasteiger partial charge in [0.15, 0.2) is 11.6 Å². The molecular weight excluding hydrogens is 296 g/mol. The molecule has 0 unspecified atom stereocenters. The van der Waals surface area contributed by atoms with Gasteiger partial charge in [0, 0.05) is 6.20 Å². The fourth-order valence-electron chi connectivity index (χ4n) is 1.95. The minimum atomic E-state index is -0.995. The van der Waals surface area contributed by atoms with Gasteiger partial charge in [-0.2, -0.15) is 4.39 Å². The molecule has 23 heavy (non-hydrogen) atoms. The first kappa shape index (κ1) is 17.0. The second-order valence-corrected chi connectivity index (χ2v) is 5.27. The summed E-state index contributed by atoms with van der Waals surface area (Å²) in [5, 5.41) is 0. The Labute approximate surface area is 135 Å². The number of aromatic nitrogens is 1. The lowest BCUT2D eigenvalue weighted by Gasteiger charge is -2.08. The van der Waals surface area contributed by atoms with Gasteiger partial charge in [-0.3, -0.25) is 0 Å². The highest BCUT2D eigenvalue weighted by molar-refractivity contribution is 5.44. The van der Waals surface area contributed by atoms with E-state index >= 15 is 0 Å². The van der Waals surface area contributed by atoms with Crippen molar-refractivity contribution in [2.45, 2.75) is 33.1 Å². The number of benzene rings is 1. The highest BCUT2D eigenvalue weighted by Gasteiger charge is 2.13. The predicted molar refractivity (Wildman–Crippen MR) is 86.3 cm³/mol. The molecule has 0 radical (unpaired) electrons. The van der Waals surface area contributed by atoms with E-state index in [9.17, 15) is 8.78 Å². The van der Waals surface area contributed by atoms with Crippen molar-refractivity contribution in [3.05, 3.63) is 58.9 Å². The first-order chi connectivity index (χ1) is 11.1. The van der Waals surface area contributed by atoms with Crippen molar-refractivity contribution in [3.8, 4) is 17.6 Å². The van der Waals surface area contributed by atoms with Crippen molar-refractivity contribution in [3.63, 3.8) is 0 Å². The second kappa shape index (κ2) is 8.28. The summed E-state index contributed by atoms with van der Waals surface area (Å²) >= 11 is 0. The molecule has 1 aromatic heterocycles. The summed E-state index contributed by atoms with van der Waals surface area (Å²) in [5.74, 6) is 3.28. The van der Waals surface area contributed by atoms with Crippen molar-refractivity contribution in [2.24, 2.45) is 0 Å². The Morgan fingerprint density at radius 3 is 2.57 bits per heavy atom. The largest absolute Gasteiger partial charge is 0.490 e. The molecule has 0 N–H and O–H groups in total. The van der Waals surface area contributed by atoms with Crippen LogP contribution in [0.5, 0.6) is 5.75 Å². The maximum atomic E-state index is 14.0. The number of aryl methyl sites for hydroxylation is 1. The van der Waals surface area contributed by atoms with Gasteiger partial charge in [0.05, 0.1) is 12.2 Å². The van der Waals surface area contributed by atoms with Crippen LogP contribution in [0.4, 0.5) is 8.78 Å². The van der Waals surface area contributed by atoms with Crippen LogP contribution >= 0.6 is 0 Å². The number of halogens is 2. The smallest absolute Gasteiger partial charge is 0.201 e. The van der Waals surface area contributed by atoms with Gasteiger partial charge in [0.1, 0.15) is 5.69 Å². The molecule has 1 heterocycles. The molecule has 1 aromatic carbocycles. The molecule has 0 aliphatic rings. The molecule has 0 spiro atoms. The zero-order valence-corrected chi connectivity index (χ0v) is 13.3. The monoisotopic (exact) mass is 315 g/mol. The first-order valence-electron chi connectivity index (χ1n) is 7.67. The molecule has 0 fully saturated rings. The van der Waals surface area contributed by atoms with Gasteiger partial charge in [-0.05, 0) is 43.0 Å². The van der Waals surface area contributed by atoms with Crippen LogP contribution in [0.25, 0.3) is 0 Å². The Hall–Kier alpha value is -2.41. The number of nitrogens with zero attached hydrogens (tertiary/aromatic N) is 1. The number of rotatable bonds is 5. The van der Waals surface area contributed by atoms with E-state index in [4.69, 9.17) is 4.74 Å². The molecule has 120 valence electrons. The highest BCUT2D eigenvalue weighted by atomic mass is 19.2. The summed E-state index contributed by atoms with van der Waals surface area (Å²) in [6.45, 7) is 4.36. The third-order valence-corrected chi connectivity index (χ3v) is 3.29. The SMILES string of the molecule is CCCCCOc1ccc(C#Cc2ccc(C)cn2)c(F)c1F. The average Bonchev–Trinajstić information content (AvgIpc) is 2.56. The van der Waals surface area contributed by atoms with Crippen LogP contribution in [-0.2, 0) is 0 Å². The van der Waals surface area contributed by atoms with Crippen molar-refractivity contribution in [1.29, 1.82) is 0 Å². The molecule has 0 atom stereocenters. The van der Waals surface area contributed by atoms with E-state index in [2.05, 4.69) is 23.7 Å². The van der Waals surface area contributed by atoms with E-state index in [0.29, 0.717) is 12.3 Å². The molecule has 4 heteroatoms. The number of hydrogen-bond donors (Lipinski definition) is 0. The van der Waals surface area contributed by atoms with Gasteiger partial charge in [-0.25, -0.2) is 9.37 Å². The number of unbranched alkanes of at least 4 members (excludes halogenated alkanes) is 2. The second-order valence-electron chi connectivity index (χ2n) is 5.27. The molecule has 0 aliphatic carbocycles. The summed E-state index contributed by atoms with van der Waals surface area (Å²) in [6, 6.07) is 6.44. The van der Waals surface area contributed by atoms with Gasteiger partial charge >= 0.3 is 0 Å². The lowest BCUT2D eigenvalue weighted by atomic mass is 10.2. The Kier molecular flexibility index (Phi) is 6.10. The fraction of sp³-hybridized carbons (Fsp3) is 0.316. The van der Waals surface area contributed by atoms with E-state index in [0.717, 1.165) is 24.8 Å². The molecule has 0 saturated carbocycles. The molecule has 0 amide bonds. The quantitative estimate of drug-likeness (QED) is 0.592. The van der Waals surface area contributed by atoms with E-state index in [1.807, 2.05) is 13.0 Å². The van der Waals surface area contributed by atoms with Gasteiger partial charge < -0.3 is 4.74 Å². The molecule has 2 rings (SSSR count). The van der Waals surface area contributed by atoms with Crippen LogP contribution in [0.15, 0.2) is 30.5 Å². The van der Waals surface area contributed by atoms with E-state index in [-0.39, 0.29) is 11.3 Å². The van der Waals surface area contributed by atoms with Crippen molar-refractivity contribution < 1.29 is 13.5 Å². The predicted octanol–water partition coefficient (Wildman–Crippen LogP) is 4.64. The van der Waals surface area contributed by atoms with Crippen LogP contribution in [-0.4, -0.2) is 11.6 Å². The van der Waals surface area contributed by atoms with Gasteiger partial charge in [0.2, 0.25) is 5.82 Å². The van der Waals surface area contributed by atoms with E-state index < -0.39 is 11.6 Å². The van der Waals surface area contributed by atoms with Gasteiger partial charge in [0.25, 0.3) is 0 Å². The van der Waals surface area contributed by atoms with Crippen LogP contribution in [0.2, 0.25) is 0 Å². The lowest BCUT2D eigenvalue weighted by Crippen LogP contribution is -2.01. The number of hydrogen-bond acceptors (Lipinski definition) is 2. The molecule has 2 nitrogen and oxygen atoms in total. The highest BCUT2D eigenvalue weighted by Crippen LogP contribution is 2.22. The Bertz CT molecular complexity index is 715. The minimum Gasteiger partial charge on any atom is -0.490 e. The molecular formula is C19H19F2NO. The summed E-state index contributed by atoms with van der Waals surface area (Å²) in [6.07, 6.45) is 4.53. The first-order valence-corrected chi connectivity index (χ1v) is 7.67. The Morgan fingerprint density at radius 2 is 1.87 bits per heavy atom. The van der Waals surface area contributed by atoms with Crippen LogP contribution in [0, 0.1) is 30.4 Å². The van der Waals surface area contributed by atoms with Crippen molar-refractivity contribution >= 4 is 0 Å². The van der Waals surface area contributed by atoms with Crippen LogP contribution in [0.3, 0.4) is 0 Å². The maximum Gasteiger partial charge on any atom is 0.201 e. The zero-order valence-electron chi connectivity index (χ0n) is 13.3. The van der Waals surface area contributed by atoms with Crippen molar-refractivity contribution in [2.75, 3.05) is 6.61 Å². The summed E-state index contributed by atoms with van der Waals surface area (Å²) < 4.78 is 33.3. The van der Waals surface area contributed by atoms with E-state index in [1.165, 1.54) is 12.1 Å². The lowest BCUT2D eigenvalue weighted by molar-refractivity contribution is 0.286. The average molecular weight is 315 g/mol. The normalized spacial score (nSPS) is 10.1. The Morgan fingerprint density at radius 1 is 1.04 bits per heavy atom. The zero-order chi connectivity index (χ0) is 16.7. The number of ether oxygens (including phenoxy) is 1. The molecule has 0 bridgehead atoms. The third kappa shape index (κ3) is 4.79.